The Morgan fingerprint density at radius 2 is 1.85 bits per heavy atom. The number of hydrogen-bond acceptors (Lipinski definition) is 4. The van der Waals surface area contributed by atoms with Gasteiger partial charge in [0, 0.05) is 22.9 Å². The Balaban J connectivity index is 1.90. The van der Waals surface area contributed by atoms with Gasteiger partial charge in [-0.1, -0.05) is 23.7 Å². The Morgan fingerprint density at radius 1 is 1.11 bits per heavy atom. The fraction of sp³-hybridized carbons (Fsp3) is 0.0526. The molecule has 0 unspecified atom stereocenters. The van der Waals surface area contributed by atoms with Crippen molar-refractivity contribution >= 4 is 23.3 Å². The molecule has 0 bridgehead atoms. The zero-order valence-electron chi connectivity index (χ0n) is 13.9. The van der Waals surface area contributed by atoms with Gasteiger partial charge in [0.15, 0.2) is 11.6 Å². The lowest BCUT2D eigenvalue weighted by atomic mass is 10.0. The van der Waals surface area contributed by atoms with E-state index in [0.29, 0.717) is 16.7 Å². The molecule has 5 nitrogen and oxygen atoms in total. The van der Waals surface area contributed by atoms with Gasteiger partial charge < -0.3 is 16.2 Å². The van der Waals surface area contributed by atoms with Gasteiger partial charge in [0.1, 0.15) is 18.2 Å². The second kappa shape index (κ2) is 7.59. The number of nitrogens with zero attached hydrogens (tertiary/aromatic N) is 1. The fourth-order valence-corrected chi connectivity index (χ4v) is 2.64. The smallest absolute Gasteiger partial charge is 0.248 e. The normalized spacial score (nSPS) is 10.6. The van der Waals surface area contributed by atoms with E-state index in [9.17, 15) is 13.6 Å². The summed E-state index contributed by atoms with van der Waals surface area (Å²) in [4.78, 5) is 15.4. The lowest BCUT2D eigenvalue weighted by Crippen LogP contribution is -2.10. The van der Waals surface area contributed by atoms with E-state index < -0.39 is 17.5 Å². The third-order valence-electron chi connectivity index (χ3n) is 3.87. The maximum Gasteiger partial charge on any atom is 0.248 e. The Morgan fingerprint density at radius 3 is 2.59 bits per heavy atom. The van der Waals surface area contributed by atoms with Gasteiger partial charge in [-0.05, 0) is 35.9 Å². The van der Waals surface area contributed by atoms with Crippen LogP contribution in [0.5, 0.6) is 5.75 Å². The van der Waals surface area contributed by atoms with E-state index in [0.717, 1.165) is 12.1 Å². The predicted octanol–water partition coefficient (Wildman–Crippen LogP) is 3.94. The molecular weight excluding hydrogens is 376 g/mol. The van der Waals surface area contributed by atoms with Crippen molar-refractivity contribution in [3.8, 4) is 16.9 Å². The monoisotopic (exact) mass is 389 g/mol. The number of pyridine rings is 1. The van der Waals surface area contributed by atoms with E-state index in [2.05, 4.69) is 4.98 Å². The highest BCUT2D eigenvalue weighted by Gasteiger charge is 2.14. The van der Waals surface area contributed by atoms with Gasteiger partial charge in [0.2, 0.25) is 5.91 Å². The Kier molecular flexibility index (Phi) is 5.23. The zero-order valence-corrected chi connectivity index (χ0v) is 14.6. The molecule has 0 saturated heterocycles. The van der Waals surface area contributed by atoms with Gasteiger partial charge in [-0.15, -0.1) is 0 Å². The highest BCUT2D eigenvalue weighted by Crippen LogP contribution is 2.30. The van der Waals surface area contributed by atoms with E-state index in [1.807, 2.05) is 0 Å². The predicted molar refractivity (Wildman–Crippen MR) is 98.3 cm³/mol. The molecule has 8 heteroatoms. The topological polar surface area (TPSA) is 91.2 Å². The minimum absolute atomic E-state index is 0.0674. The van der Waals surface area contributed by atoms with Crippen LogP contribution in [0.3, 0.4) is 0 Å². The number of nitrogens with two attached hydrogens (primary N) is 2. The first kappa shape index (κ1) is 18.6. The van der Waals surface area contributed by atoms with Crippen LogP contribution in [0.25, 0.3) is 11.1 Å². The van der Waals surface area contributed by atoms with Gasteiger partial charge >= 0.3 is 0 Å². The highest BCUT2D eigenvalue weighted by atomic mass is 35.5. The van der Waals surface area contributed by atoms with Crippen molar-refractivity contribution < 1.29 is 18.3 Å². The van der Waals surface area contributed by atoms with Crippen LogP contribution >= 0.6 is 11.6 Å². The number of nitrogen functional groups attached to an aromatic ring is 1. The van der Waals surface area contributed by atoms with Crippen molar-refractivity contribution in [3.05, 3.63) is 76.4 Å². The van der Waals surface area contributed by atoms with E-state index in [4.69, 9.17) is 27.8 Å². The van der Waals surface area contributed by atoms with Gasteiger partial charge in [0.25, 0.3) is 0 Å². The average Bonchev–Trinajstić information content (AvgIpc) is 2.66. The molecule has 0 aliphatic rings. The number of benzene rings is 2. The third-order valence-corrected chi connectivity index (χ3v) is 4.28. The van der Waals surface area contributed by atoms with Crippen LogP contribution in [0.15, 0.2) is 48.7 Å². The molecule has 1 amide bonds. The van der Waals surface area contributed by atoms with E-state index in [-0.39, 0.29) is 28.8 Å². The molecule has 27 heavy (non-hydrogen) atoms. The number of carbonyl (C=O) groups is 1. The van der Waals surface area contributed by atoms with Gasteiger partial charge in [0.05, 0.1) is 5.02 Å². The minimum Gasteiger partial charge on any atom is -0.485 e. The summed E-state index contributed by atoms with van der Waals surface area (Å²) in [6.07, 6.45) is 1.50. The molecule has 1 heterocycles. The molecule has 0 atom stereocenters. The number of rotatable bonds is 5. The Bertz CT molecular complexity index is 1030. The molecule has 2 aromatic carbocycles. The molecule has 3 rings (SSSR count). The molecule has 4 N–H and O–H groups in total. The lowest BCUT2D eigenvalue weighted by Gasteiger charge is -2.12. The molecule has 138 valence electrons. The molecule has 3 aromatic rings. The summed E-state index contributed by atoms with van der Waals surface area (Å²) in [5.41, 5.74) is 12.6. The van der Waals surface area contributed by atoms with Crippen molar-refractivity contribution in [1.29, 1.82) is 0 Å². The highest BCUT2D eigenvalue weighted by molar-refractivity contribution is 6.31. The van der Waals surface area contributed by atoms with E-state index in [1.54, 1.807) is 30.3 Å². The number of primary amides is 1. The molecule has 0 spiro atoms. The largest absolute Gasteiger partial charge is 0.485 e. The number of amides is 1. The maximum absolute atomic E-state index is 13.9. The summed E-state index contributed by atoms with van der Waals surface area (Å²) in [6.45, 7) is -0.334. The van der Waals surface area contributed by atoms with Crippen molar-refractivity contribution in [2.24, 2.45) is 5.73 Å². The van der Waals surface area contributed by atoms with Crippen molar-refractivity contribution in [2.75, 3.05) is 5.73 Å². The first-order valence-corrected chi connectivity index (χ1v) is 8.15. The molecular formula is C19H14ClF2N3O2. The SMILES string of the molecule is NC(=O)c1cccc(-c2cnc(N)c(OCc3c(F)ccc(F)c3Cl)c2)c1. The van der Waals surface area contributed by atoms with Crippen molar-refractivity contribution in [1.82, 2.24) is 4.98 Å². The summed E-state index contributed by atoms with van der Waals surface area (Å²) in [5, 5.41) is -0.355. The van der Waals surface area contributed by atoms with Crippen LogP contribution in [-0.2, 0) is 6.61 Å². The summed E-state index contributed by atoms with van der Waals surface area (Å²) in [6, 6.07) is 10.1. The van der Waals surface area contributed by atoms with Crippen molar-refractivity contribution in [3.63, 3.8) is 0 Å². The van der Waals surface area contributed by atoms with Crippen LogP contribution < -0.4 is 16.2 Å². The summed E-state index contributed by atoms with van der Waals surface area (Å²) in [7, 11) is 0. The quantitative estimate of drug-likeness (QED) is 0.646. The number of halogens is 3. The van der Waals surface area contributed by atoms with Crippen LogP contribution in [0.4, 0.5) is 14.6 Å². The van der Waals surface area contributed by atoms with Crippen molar-refractivity contribution in [2.45, 2.75) is 6.61 Å². The number of aromatic nitrogens is 1. The number of anilines is 1. The van der Waals surface area contributed by atoms with Crippen LogP contribution in [0.1, 0.15) is 15.9 Å². The zero-order chi connectivity index (χ0) is 19.6. The summed E-state index contributed by atoms with van der Waals surface area (Å²) in [5.74, 6) is -1.78. The summed E-state index contributed by atoms with van der Waals surface area (Å²) >= 11 is 5.79. The third kappa shape index (κ3) is 3.98. The van der Waals surface area contributed by atoms with E-state index in [1.165, 1.54) is 6.20 Å². The lowest BCUT2D eigenvalue weighted by molar-refractivity contribution is 0.100. The molecule has 0 aliphatic heterocycles. The molecule has 0 saturated carbocycles. The van der Waals surface area contributed by atoms with Gasteiger partial charge in [-0.25, -0.2) is 13.8 Å². The van der Waals surface area contributed by atoms with Crippen LogP contribution in [0.2, 0.25) is 5.02 Å². The number of carbonyl (C=O) groups excluding carboxylic acids is 1. The number of hydrogen-bond donors (Lipinski definition) is 2. The van der Waals surface area contributed by atoms with Gasteiger partial charge in [-0.2, -0.15) is 0 Å². The molecule has 1 aromatic heterocycles. The second-order valence-corrected chi connectivity index (χ2v) is 6.04. The maximum atomic E-state index is 13.9. The van der Waals surface area contributed by atoms with Gasteiger partial charge in [-0.3, -0.25) is 4.79 Å². The van der Waals surface area contributed by atoms with Crippen LogP contribution in [-0.4, -0.2) is 10.9 Å². The Hall–Kier alpha value is -3.19. The first-order valence-electron chi connectivity index (χ1n) is 7.77. The fourth-order valence-electron chi connectivity index (χ4n) is 2.43. The summed E-state index contributed by atoms with van der Waals surface area (Å²) < 4.78 is 32.9. The standard InChI is InChI=1S/C19H14ClF2N3O2/c20-17-13(14(21)4-5-15(17)22)9-27-16-7-12(8-25-18(16)23)10-2-1-3-11(6-10)19(24)26/h1-8H,9H2,(H2,23,25)(H2,24,26). The molecule has 0 fully saturated rings. The minimum atomic E-state index is -0.750. The average molecular weight is 390 g/mol. The molecule has 0 radical (unpaired) electrons. The second-order valence-electron chi connectivity index (χ2n) is 5.66. The van der Waals surface area contributed by atoms with Crippen LogP contribution in [0, 0.1) is 11.6 Å². The molecule has 0 aliphatic carbocycles. The Labute approximate surface area is 158 Å². The van der Waals surface area contributed by atoms with E-state index >= 15 is 0 Å². The number of ether oxygens (including phenoxy) is 1. The first-order chi connectivity index (χ1) is 12.9.